The van der Waals surface area contributed by atoms with Crippen LogP contribution in [-0.2, 0) is 24.5 Å². The first-order valence-electron chi connectivity index (χ1n) is 8.98. The van der Waals surface area contributed by atoms with E-state index in [1.165, 1.54) is 37.9 Å². The molecule has 1 aliphatic rings. The van der Waals surface area contributed by atoms with Crippen LogP contribution in [0, 0.1) is 0 Å². The molecule has 1 saturated heterocycles. The third-order valence-corrected chi connectivity index (χ3v) is 4.55. The van der Waals surface area contributed by atoms with Gasteiger partial charge < -0.3 is 14.6 Å². The molecule has 0 amide bonds. The van der Waals surface area contributed by atoms with Crippen LogP contribution in [0.1, 0.15) is 36.0 Å². The monoisotopic (exact) mass is 341 g/mol. The number of hydrogen-bond acceptors (Lipinski definition) is 4. The van der Waals surface area contributed by atoms with Crippen LogP contribution < -0.4 is 4.74 Å². The maximum absolute atomic E-state index is 9.77. The number of rotatable bonds is 7. The molecule has 0 unspecified atom stereocenters. The molecule has 3 rings (SSSR count). The van der Waals surface area contributed by atoms with Crippen molar-refractivity contribution in [3.8, 4) is 11.5 Å². The Kier molecular flexibility index (Phi) is 6.31. The summed E-state index contributed by atoms with van der Waals surface area (Å²) < 4.78 is 10.9. The number of methoxy groups -OCH3 is 1. The summed E-state index contributed by atoms with van der Waals surface area (Å²) in [5, 5.41) is 9.77. The number of benzene rings is 2. The summed E-state index contributed by atoms with van der Waals surface area (Å²) in [5.41, 5.74) is 3.37. The molecule has 4 heteroatoms. The van der Waals surface area contributed by atoms with Crippen LogP contribution in [0.5, 0.6) is 11.5 Å². The first-order valence-corrected chi connectivity index (χ1v) is 8.98. The second-order valence-corrected chi connectivity index (χ2v) is 6.71. The minimum atomic E-state index is 0.196. The molecule has 0 spiro atoms. The average Bonchev–Trinajstić information content (AvgIpc) is 2.62. The predicted octanol–water partition coefficient (Wildman–Crippen LogP) is 4.10. The van der Waals surface area contributed by atoms with Gasteiger partial charge in [-0.25, -0.2) is 0 Å². The van der Waals surface area contributed by atoms with Crippen molar-refractivity contribution in [2.45, 2.75) is 39.0 Å². The van der Waals surface area contributed by atoms with E-state index in [2.05, 4.69) is 29.2 Å². The molecule has 1 heterocycles. The zero-order chi connectivity index (χ0) is 17.5. The number of likely N-dealkylation sites (tertiary alicyclic amines) is 1. The van der Waals surface area contributed by atoms with Gasteiger partial charge in [-0.1, -0.05) is 30.7 Å². The number of piperidine rings is 1. The Morgan fingerprint density at radius 2 is 1.60 bits per heavy atom. The average molecular weight is 341 g/mol. The van der Waals surface area contributed by atoms with Crippen molar-refractivity contribution < 1.29 is 14.6 Å². The molecule has 0 aromatic heterocycles. The topological polar surface area (TPSA) is 41.9 Å². The highest BCUT2D eigenvalue weighted by molar-refractivity contribution is 5.37. The van der Waals surface area contributed by atoms with E-state index < -0.39 is 0 Å². The normalized spacial score (nSPS) is 15.2. The fraction of sp³-hybridized carbons (Fsp3) is 0.429. The fourth-order valence-electron chi connectivity index (χ4n) is 3.26. The van der Waals surface area contributed by atoms with Crippen molar-refractivity contribution in [1.29, 1.82) is 0 Å². The van der Waals surface area contributed by atoms with E-state index in [1.54, 1.807) is 19.2 Å². The quantitative estimate of drug-likeness (QED) is 0.823. The fourth-order valence-corrected chi connectivity index (χ4v) is 3.26. The van der Waals surface area contributed by atoms with Crippen LogP contribution in [0.2, 0.25) is 0 Å². The molecule has 2 aromatic rings. The van der Waals surface area contributed by atoms with Crippen molar-refractivity contribution in [2.75, 3.05) is 20.2 Å². The molecule has 0 bridgehead atoms. The smallest absolute Gasteiger partial charge is 0.123 e. The molecular formula is C21H27NO3. The summed E-state index contributed by atoms with van der Waals surface area (Å²) in [4.78, 5) is 2.53. The van der Waals surface area contributed by atoms with Gasteiger partial charge in [-0.2, -0.15) is 0 Å². The third kappa shape index (κ3) is 5.48. The van der Waals surface area contributed by atoms with Crippen LogP contribution >= 0.6 is 0 Å². The van der Waals surface area contributed by atoms with Gasteiger partial charge in [0.05, 0.1) is 6.61 Å². The first kappa shape index (κ1) is 17.8. The lowest BCUT2D eigenvalue weighted by Gasteiger charge is -2.26. The van der Waals surface area contributed by atoms with Crippen molar-refractivity contribution in [3.63, 3.8) is 0 Å². The van der Waals surface area contributed by atoms with E-state index in [0.29, 0.717) is 19.0 Å². The van der Waals surface area contributed by atoms with E-state index in [-0.39, 0.29) is 5.75 Å². The minimum Gasteiger partial charge on any atom is -0.508 e. The Balaban J connectivity index is 1.54. The number of hydrogen-bond donors (Lipinski definition) is 1. The Hall–Kier alpha value is -2.04. The van der Waals surface area contributed by atoms with Crippen LogP contribution in [0.4, 0.5) is 0 Å². The Bertz CT molecular complexity index is 663. The van der Waals surface area contributed by atoms with E-state index in [0.717, 1.165) is 17.7 Å². The van der Waals surface area contributed by atoms with Gasteiger partial charge >= 0.3 is 0 Å². The number of phenols is 1. The molecule has 1 fully saturated rings. The Morgan fingerprint density at radius 3 is 2.32 bits per heavy atom. The van der Waals surface area contributed by atoms with Gasteiger partial charge in [0, 0.05) is 19.7 Å². The molecule has 0 aliphatic carbocycles. The van der Waals surface area contributed by atoms with Crippen LogP contribution in [0.15, 0.2) is 42.5 Å². The number of phenolic OH excluding ortho intramolecular Hbond substituents is 1. The summed E-state index contributed by atoms with van der Waals surface area (Å²) >= 11 is 0. The maximum Gasteiger partial charge on any atom is 0.123 e. The molecule has 0 radical (unpaired) electrons. The van der Waals surface area contributed by atoms with Crippen molar-refractivity contribution in [3.05, 3.63) is 59.2 Å². The number of ether oxygens (including phenoxy) is 2. The van der Waals surface area contributed by atoms with Crippen molar-refractivity contribution in [2.24, 2.45) is 0 Å². The SMILES string of the molecule is COCc1cc(O)cc(OCc2ccc(CN3CCCCC3)cc2)c1. The molecule has 1 N–H and O–H groups in total. The lowest BCUT2D eigenvalue weighted by atomic mass is 10.1. The van der Waals surface area contributed by atoms with Gasteiger partial charge in [-0.15, -0.1) is 0 Å². The van der Waals surface area contributed by atoms with E-state index in [1.807, 2.05) is 6.07 Å². The standard InChI is InChI=1S/C21H27NO3/c1-24-15-19-11-20(23)13-21(12-19)25-16-18-7-5-17(6-8-18)14-22-9-3-2-4-10-22/h5-8,11-13,23H,2-4,9-10,14-16H2,1H3. The van der Waals surface area contributed by atoms with Crippen LogP contribution in [0.3, 0.4) is 0 Å². The second-order valence-electron chi connectivity index (χ2n) is 6.71. The molecule has 2 aromatic carbocycles. The van der Waals surface area contributed by atoms with Crippen LogP contribution in [-0.4, -0.2) is 30.2 Å². The molecule has 0 saturated carbocycles. The molecule has 1 aliphatic heterocycles. The van der Waals surface area contributed by atoms with Crippen molar-refractivity contribution in [1.82, 2.24) is 4.90 Å². The molecule has 25 heavy (non-hydrogen) atoms. The highest BCUT2D eigenvalue weighted by atomic mass is 16.5. The van der Waals surface area contributed by atoms with E-state index in [4.69, 9.17) is 9.47 Å². The summed E-state index contributed by atoms with van der Waals surface area (Å²) in [6.45, 7) is 4.41. The molecule has 0 atom stereocenters. The highest BCUT2D eigenvalue weighted by Gasteiger charge is 2.10. The van der Waals surface area contributed by atoms with Crippen LogP contribution in [0.25, 0.3) is 0 Å². The summed E-state index contributed by atoms with van der Waals surface area (Å²) in [5.74, 6) is 0.853. The van der Waals surface area contributed by atoms with E-state index >= 15 is 0 Å². The largest absolute Gasteiger partial charge is 0.508 e. The van der Waals surface area contributed by atoms with Gasteiger partial charge in [-0.3, -0.25) is 4.90 Å². The molecule has 4 nitrogen and oxygen atoms in total. The zero-order valence-corrected chi connectivity index (χ0v) is 14.9. The summed E-state index contributed by atoms with van der Waals surface area (Å²) in [7, 11) is 1.63. The number of aromatic hydroxyl groups is 1. The van der Waals surface area contributed by atoms with Gasteiger partial charge in [0.2, 0.25) is 0 Å². The second kappa shape index (κ2) is 8.88. The lowest BCUT2D eigenvalue weighted by molar-refractivity contribution is 0.184. The summed E-state index contributed by atoms with van der Waals surface area (Å²) in [6.07, 6.45) is 4.01. The van der Waals surface area contributed by atoms with Gasteiger partial charge in [-0.05, 0) is 54.8 Å². The van der Waals surface area contributed by atoms with Gasteiger partial charge in [0.25, 0.3) is 0 Å². The molecular weight excluding hydrogens is 314 g/mol. The maximum atomic E-state index is 9.77. The van der Waals surface area contributed by atoms with E-state index in [9.17, 15) is 5.11 Å². The first-order chi connectivity index (χ1) is 12.2. The van der Waals surface area contributed by atoms with Gasteiger partial charge in [0.15, 0.2) is 0 Å². The predicted molar refractivity (Wildman–Crippen MR) is 98.7 cm³/mol. The Labute approximate surface area is 150 Å². The number of nitrogens with zero attached hydrogens (tertiary/aromatic N) is 1. The third-order valence-electron chi connectivity index (χ3n) is 4.55. The minimum absolute atomic E-state index is 0.196. The van der Waals surface area contributed by atoms with Crippen molar-refractivity contribution >= 4 is 0 Å². The Morgan fingerprint density at radius 1 is 0.880 bits per heavy atom. The summed E-state index contributed by atoms with van der Waals surface area (Å²) in [6, 6.07) is 13.8. The highest BCUT2D eigenvalue weighted by Crippen LogP contribution is 2.23. The molecule has 134 valence electrons. The zero-order valence-electron chi connectivity index (χ0n) is 14.9. The lowest BCUT2D eigenvalue weighted by Crippen LogP contribution is -2.29. The van der Waals surface area contributed by atoms with Gasteiger partial charge in [0.1, 0.15) is 18.1 Å².